The van der Waals surface area contributed by atoms with Gasteiger partial charge in [-0.05, 0) is 19.4 Å². The molecule has 0 aliphatic carbocycles. The van der Waals surface area contributed by atoms with Crippen molar-refractivity contribution >= 4 is 50.9 Å². The molecule has 4 nitrogen and oxygen atoms in total. The number of hydrogen-bond acceptors (Lipinski definition) is 5. The molecule has 0 aliphatic heterocycles. The van der Waals surface area contributed by atoms with Gasteiger partial charge >= 0.3 is 5.97 Å². The highest BCUT2D eigenvalue weighted by molar-refractivity contribution is 7.99. The molecule has 3 rings (SSSR count). The third kappa shape index (κ3) is 3.34. The number of rotatable bonds is 4. The van der Waals surface area contributed by atoms with E-state index in [0.717, 1.165) is 38.0 Å². The normalized spacial score (nSPS) is 11.1. The van der Waals surface area contributed by atoms with Gasteiger partial charge in [0, 0.05) is 10.4 Å². The molecule has 2 heterocycles. The smallest absolute Gasteiger partial charge is 0.313 e. The number of nitrogens with zero attached hydrogens (tertiary/aromatic N) is 2. The summed E-state index contributed by atoms with van der Waals surface area (Å²) in [5.74, 6) is -0.991. The second-order valence-electron chi connectivity index (χ2n) is 5.06. The molecule has 0 fully saturated rings. The van der Waals surface area contributed by atoms with Crippen LogP contribution in [0.25, 0.3) is 21.3 Å². The van der Waals surface area contributed by atoms with Crippen LogP contribution in [0.15, 0.2) is 29.4 Å². The number of benzene rings is 1. The second kappa shape index (κ2) is 6.47. The van der Waals surface area contributed by atoms with Gasteiger partial charge in [0.1, 0.15) is 9.98 Å². The molecule has 2 aromatic heterocycles. The van der Waals surface area contributed by atoms with Crippen molar-refractivity contribution in [1.29, 1.82) is 0 Å². The van der Waals surface area contributed by atoms with Gasteiger partial charge in [-0.15, -0.1) is 11.3 Å². The molecule has 1 aromatic carbocycles. The number of halogens is 1. The van der Waals surface area contributed by atoms with Crippen molar-refractivity contribution in [3.63, 3.8) is 0 Å². The molecular formula is C16H13ClN2O2S2. The van der Waals surface area contributed by atoms with Gasteiger partial charge in [0.25, 0.3) is 0 Å². The maximum atomic E-state index is 10.7. The quantitative estimate of drug-likeness (QED) is 0.409. The molecule has 0 saturated heterocycles. The third-order valence-corrected chi connectivity index (χ3v) is 5.43. The fraction of sp³-hybridized carbons (Fsp3) is 0.188. The van der Waals surface area contributed by atoms with E-state index in [-0.39, 0.29) is 5.75 Å². The highest BCUT2D eigenvalue weighted by atomic mass is 35.5. The SMILES string of the molecule is Cc1ccc(-c2c(C)sc3nc(SCC(=O)O)nc(Cl)c23)cc1. The van der Waals surface area contributed by atoms with E-state index in [0.29, 0.717) is 10.3 Å². The van der Waals surface area contributed by atoms with Crippen molar-refractivity contribution in [2.75, 3.05) is 5.75 Å². The molecule has 0 radical (unpaired) electrons. The fourth-order valence-electron chi connectivity index (χ4n) is 2.31. The van der Waals surface area contributed by atoms with E-state index in [4.69, 9.17) is 16.7 Å². The molecule has 0 bridgehead atoms. The van der Waals surface area contributed by atoms with Crippen LogP contribution in [-0.2, 0) is 4.79 Å². The lowest BCUT2D eigenvalue weighted by molar-refractivity contribution is -0.133. The standard InChI is InChI=1S/C16H13ClN2O2S2/c1-8-3-5-10(6-4-8)12-9(2)23-15-13(12)14(17)18-16(19-15)22-7-11(20)21/h3-6H,7H2,1-2H3,(H,20,21). The lowest BCUT2D eigenvalue weighted by Gasteiger charge is -2.05. The van der Waals surface area contributed by atoms with E-state index < -0.39 is 5.97 Å². The zero-order valence-electron chi connectivity index (χ0n) is 12.5. The van der Waals surface area contributed by atoms with Gasteiger partial charge in [-0.1, -0.05) is 53.2 Å². The van der Waals surface area contributed by atoms with Crippen LogP contribution in [0.3, 0.4) is 0 Å². The van der Waals surface area contributed by atoms with Gasteiger partial charge in [-0.3, -0.25) is 4.79 Å². The molecule has 1 N–H and O–H groups in total. The van der Waals surface area contributed by atoms with Crippen molar-refractivity contribution in [2.24, 2.45) is 0 Å². The minimum atomic E-state index is -0.905. The van der Waals surface area contributed by atoms with E-state index in [1.807, 2.05) is 13.8 Å². The lowest BCUT2D eigenvalue weighted by atomic mass is 10.0. The molecule has 23 heavy (non-hydrogen) atoms. The van der Waals surface area contributed by atoms with Gasteiger partial charge in [0.15, 0.2) is 5.16 Å². The Bertz CT molecular complexity index is 891. The van der Waals surface area contributed by atoms with Crippen molar-refractivity contribution in [1.82, 2.24) is 9.97 Å². The molecule has 0 unspecified atom stereocenters. The van der Waals surface area contributed by atoms with Crippen LogP contribution in [0.1, 0.15) is 10.4 Å². The molecule has 0 aliphatic rings. The summed E-state index contributed by atoms with van der Waals surface area (Å²) in [5, 5.41) is 10.4. The second-order valence-corrected chi connectivity index (χ2v) is 7.56. The first-order valence-electron chi connectivity index (χ1n) is 6.84. The summed E-state index contributed by atoms with van der Waals surface area (Å²) in [7, 11) is 0. The van der Waals surface area contributed by atoms with Crippen LogP contribution < -0.4 is 0 Å². The van der Waals surface area contributed by atoms with Crippen LogP contribution in [0.5, 0.6) is 0 Å². The third-order valence-electron chi connectivity index (χ3n) is 3.33. The lowest BCUT2D eigenvalue weighted by Crippen LogP contribution is -1.99. The summed E-state index contributed by atoms with van der Waals surface area (Å²) in [4.78, 5) is 21.3. The van der Waals surface area contributed by atoms with Gasteiger partial charge in [0.05, 0.1) is 11.1 Å². The summed E-state index contributed by atoms with van der Waals surface area (Å²) in [6.07, 6.45) is 0. The monoisotopic (exact) mass is 364 g/mol. The number of aromatic nitrogens is 2. The minimum absolute atomic E-state index is 0.0863. The van der Waals surface area contributed by atoms with Gasteiger partial charge < -0.3 is 5.11 Å². The predicted molar refractivity (Wildman–Crippen MR) is 95.7 cm³/mol. The fourth-order valence-corrected chi connectivity index (χ4v) is 4.35. The Balaban J connectivity index is 2.11. The Morgan fingerprint density at radius 2 is 1.96 bits per heavy atom. The Labute approximate surface area is 146 Å². The number of carboxylic acids is 1. The summed E-state index contributed by atoms with van der Waals surface area (Å²) in [6, 6.07) is 8.24. The molecule has 7 heteroatoms. The van der Waals surface area contributed by atoms with Gasteiger partial charge in [-0.25, -0.2) is 9.97 Å². The number of thioether (sulfide) groups is 1. The van der Waals surface area contributed by atoms with Crippen molar-refractivity contribution in [3.05, 3.63) is 39.9 Å². The first-order chi connectivity index (χ1) is 11.0. The number of aliphatic carboxylic acids is 1. The zero-order valence-corrected chi connectivity index (χ0v) is 14.8. The molecule has 3 aromatic rings. The van der Waals surface area contributed by atoms with E-state index in [1.165, 1.54) is 5.56 Å². The summed E-state index contributed by atoms with van der Waals surface area (Å²) < 4.78 is 0. The number of carbonyl (C=O) groups is 1. The maximum Gasteiger partial charge on any atom is 0.313 e. The molecular weight excluding hydrogens is 352 g/mol. The van der Waals surface area contributed by atoms with Gasteiger partial charge in [0.2, 0.25) is 0 Å². The number of carboxylic acid groups (broad SMARTS) is 1. The summed E-state index contributed by atoms with van der Waals surface area (Å²) >= 11 is 8.99. The van der Waals surface area contributed by atoms with Crippen LogP contribution >= 0.6 is 34.7 Å². The highest BCUT2D eigenvalue weighted by Gasteiger charge is 2.18. The van der Waals surface area contributed by atoms with E-state index in [2.05, 4.69) is 34.2 Å². The topological polar surface area (TPSA) is 63.1 Å². The average Bonchev–Trinajstić information content (AvgIpc) is 2.82. The molecule has 118 valence electrons. The maximum absolute atomic E-state index is 10.7. The van der Waals surface area contributed by atoms with E-state index >= 15 is 0 Å². The van der Waals surface area contributed by atoms with Crippen molar-refractivity contribution in [2.45, 2.75) is 19.0 Å². The van der Waals surface area contributed by atoms with Crippen LogP contribution in [0.2, 0.25) is 5.15 Å². The number of hydrogen-bond donors (Lipinski definition) is 1. The Hall–Kier alpha value is -1.63. The predicted octanol–water partition coefficient (Wildman–Crippen LogP) is 4.81. The van der Waals surface area contributed by atoms with E-state index in [9.17, 15) is 4.79 Å². The Kier molecular flexibility index (Phi) is 4.57. The van der Waals surface area contributed by atoms with Crippen LogP contribution in [0.4, 0.5) is 0 Å². The van der Waals surface area contributed by atoms with Crippen molar-refractivity contribution < 1.29 is 9.90 Å². The van der Waals surface area contributed by atoms with Gasteiger partial charge in [-0.2, -0.15) is 0 Å². The largest absolute Gasteiger partial charge is 0.481 e. The van der Waals surface area contributed by atoms with E-state index in [1.54, 1.807) is 11.3 Å². The highest BCUT2D eigenvalue weighted by Crippen LogP contribution is 2.41. The van der Waals surface area contributed by atoms with Crippen LogP contribution in [0, 0.1) is 13.8 Å². The molecule has 0 saturated carbocycles. The first kappa shape index (κ1) is 16.2. The Morgan fingerprint density at radius 1 is 1.26 bits per heavy atom. The minimum Gasteiger partial charge on any atom is -0.481 e. The summed E-state index contributed by atoms with van der Waals surface area (Å²) in [6.45, 7) is 4.08. The van der Waals surface area contributed by atoms with Crippen LogP contribution in [-0.4, -0.2) is 26.8 Å². The van der Waals surface area contributed by atoms with Crippen molar-refractivity contribution in [3.8, 4) is 11.1 Å². The Morgan fingerprint density at radius 3 is 2.61 bits per heavy atom. The first-order valence-corrected chi connectivity index (χ1v) is 9.02. The summed E-state index contributed by atoms with van der Waals surface area (Å²) in [5.41, 5.74) is 3.32. The number of thiophene rings is 1. The molecule has 0 atom stereocenters. The molecule has 0 amide bonds. The average molecular weight is 365 g/mol. The number of aryl methyl sites for hydroxylation is 2. The zero-order chi connectivity index (χ0) is 16.6. The number of fused-ring (bicyclic) bond motifs is 1. The molecule has 0 spiro atoms.